The van der Waals surface area contributed by atoms with Crippen molar-refractivity contribution >= 4 is 28.3 Å². The van der Waals surface area contributed by atoms with Crippen LogP contribution in [0, 0.1) is 13.8 Å². The Bertz CT molecular complexity index is 1130. The first kappa shape index (κ1) is 20.3. The molecule has 3 aromatic rings. The van der Waals surface area contributed by atoms with Gasteiger partial charge in [0, 0.05) is 17.6 Å². The highest BCUT2D eigenvalue weighted by Gasteiger charge is 2.19. The summed E-state index contributed by atoms with van der Waals surface area (Å²) in [7, 11) is 0. The highest BCUT2D eigenvalue weighted by atomic mass is 16.5. The van der Waals surface area contributed by atoms with Crippen LogP contribution < -0.4 is 10.9 Å². The molecule has 0 saturated carbocycles. The van der Waals surface area contributed by atoms with Gasteiger partial charge in [-0.25, -0.2) is 9.48 Å². The average Bonchev–Trinajstić information content (AvgIpc) is 2.70. The smallest absolute Gasteiger partial charge is 0.359 e. The van der Waals surface area contributed by atoms with Crippen molar-refractivity contribution < 1.29 is 14.3 Å². The van der Waals surface area contributed by atoms with Crippen molar-refractivity contribution in [1.29, 1.82) is 0 Å². The molecule has 0 atom stereocenters. The van der Waals surface area contributed by atoms with E-state index in [9.17, 15) is 14.4 Å². The van der Waals surface area contributed by atoms with Crippen LogP contribution in [0.4, 0.5) is 5.69 Å². The number of nitrogens with zero attached hydrogens (tertiary/aromatic N) is 2. The molecular formula is C22H23N3O4. The van der Waals surface area contributed by atoms with Crippen LogP contribution in [-0.2, 0) is 16.1 Å². The second-order valence-electron chi connectivity index (χ2n) is 6.87. The molecule has 1 N–H and O–H groups in total. The first-order chi connectivity index (χ1) is 13.9. The van der Waals surface area contributed by atoms with E-state index < -0.39 is 18.5 Å². The molecule has 0 unspecified atom stereocenters. The van der Waals surface area contributed by atoms with E-state index in [-0.39, 0.29) is 11.3 Å². The van der Waals surface area contributed by atoms with Gasteiger partial charge >= 0.3 is 5.97 Å². The Morgan fingerprint density at radius 2 is 1.83 bits per heavy atom. The predicted octanol–water partition coefficient (Wildman–Crippen LogP) is 3.22. The third-order valence-corrected chi connectivity index (χ3v) is 4.49. The van der Waals surface area contributed by atoms with Crippen LogP contribution >= 0.6 is 0 Å². The molecule has 1 amide bonds. The lowest BCUT2D eigenvalue weighted by molar-refractivity contribution is -0.119. The van der Waals surface area contributed by atoms with Gasteiger partial charge in [-0.1, -0.05) is 42.8 Å². The van der Waals surface area contributed by atoms with Gasteiger partial charge in [-0.15, -0.1) is 0 Å². The predicted molar refractivity (Wildman–Crippen MR) is 111 cm³/mol. The molecule has 7 heteroatoms. The third kappa shape index (κ3) is 4.51. The number of fused-ring (bicyclic) bond motifs is 1. The SMILES string of the molecule is CCCn1nc(C(=O)OCC(=O)Nc2ccc(C)cc2C)c2ccccc2c1=O. The zero-order valence-corrected chi connectivity index (χ0v) is 16.7. The van der Waals surface area contributed by atoms with Crippen LogP contribution in [-0.4, -0.2) is 28.3 Å². The van der Waals surface area contributed by atoms with Crippen LogP contribution in [0.3, 0.4) is 0 Å². The minimum Gasteiger partial charge on any atom is -0.451 e. The van der Waals surface area contributed by atoms with E-state index in [1.807, 2.05) is 32.9 Å². The summed E-state index contributed by atoms with van der Waals surface area (Å²) < 4.78 is 6.44. The molecule has 1 aromatic heterocycles. The van der Waals surface area contributed by atoms with Crippen molar-refractivity contribution in [2.45, 2.75) is 33.7 Å². The zero-order valence-electron chi connectivity index (χ0n) is 16.7. The molecule has 0 aliphatic rings. The Morgan fingerprint density at radius 1 is 1.10 bits per heavy atom. The lowest BCUT2D eigenvalue weighted by atomic mass is 10.1. The van der Waals surface area contributed by atoms with Crippen molar-refractivity contribution in [1.82, 2.24) is 9.78 Å². The fraction of sp³-hybridized carbons (Fsp3) is 0.273. The quantitative estimate of drug-likeness (QED) is 0.650. The largest absolute Gasteiger partial charge is 0.451 e. The molecule has 1 heterocycles. The first-order valence-electron chi connectivity index (χ1n) is 9.44. The number of ether oxygens (including phenoxy) is 1. The highest BCUT2D eigenvalue weighted by molar-refractivity contribution is 6.03. The van der Waals surface area contributed by atoms with Gasteiger partial charge in [0.2, 0.25) is 0 Å². The molecule has 150 valence electrons. The summed E-state index contributed by atoms with van der Waals surface area (Å²) in [5, 5.41) is 7.70. The Balaban J connectivity index is 1.78. The van der Waals surface area contributed by atoms with E-state index in [1.54, 1.807) is 30.3 Å². The lowest BCUT2D eigenvalue weighted by Gasteiger charge is -2.11. The van der Waals surface area contributed by atoms with Crippen molar-refractivity contribution in [3.8, 4) is 0 Å². The van der Waals surface area contributed by atoms with Gasteiger partial charge in [-0.2, -0.15) is 5.10 Å². The maximum atomic E-state index is 12.6. The average molecular weight is 393 g/mol. The minimum absolute atomic E-state index is 0.0213. The van der Waals surface area contributed by atoms with Gasteiger partial charge in [0.15, 0.2) is 12.3 Å². The van der Waals surface area contributed by atoms with Crippen molar-refractivity contribution in [3.63, 3.8) is 0 Å². The van der Waals surface area contributed by atoms with E-state index >= 15 is 0 Å². The standard InChI is InChI=1S/C22H23N3O4/c1-4-11-25-21(27)17-8-6-5-7-16(17)20(24-25)22(28)29-13-19(26)23-18-10-9-14(2)12-15(18)3/h5-10,12H,4,11,13H2,1-3H3,(H,23,26). The van der Waals surface area contributed by atoms with E-state index in [1.165, 1.54) is 4.68 Å². The van der Waals surface area contributed by atoms with Gasteiger partial charge in [-0.05, 0) is 38.0 Å². The molecule has 7 nitrogen and oxygen atoms in total. The molecule has 0 spiro atoms. The summed E-state index contributed by atoms with van der Waals surface area (Å²) in [5.74, 6) is -1.20. The molecule has 0 saturated heterocycles. The molecular weight excluding hydrogens is 370 g/mol. The van der Waals surface area contributed by atoms with Crippen molar-refractivity contribution in [2.75, 3.05) is 11.9 Å². The van der Waals surface area contributed by atoms with Crippen molar-refractivity contribution in [3.05, 3.63) is 69.6 Å². The van der Waals surface area contributed by atoms with Gasteiger partial charge in [-0.3, -0.25) is 9.59 Å². The van der Waals surface area contributed by atoms with Gasteiger partial charge < -0.3 is 10.1 Å². The zero-order chi connectivity index (χ0) is 21.0. The minimum atomic E-state index is -0.748. The van der Waals surface area contributed by atoms with E-state index in [2.05, 4.69) is 10.4 Å². The Hall–Kier alpha value is -3.48. The molecule has 29 heavy (non-hydrogen) atoms. The lowest BCUT2D eigenvalue weighted by Crippen LogP contribution is -2.27. The maximum absolute atomic E-state index is 12.6. The summed E-state index contributed by atoms with van der Waals surface area (Å²) in [5.41, 5.74) is 2.44. The third-order valence-electron chi connectivity index (χ3n) is 4.49. The Morgan fingerprint density at radius 3 is 2.52 bits per heavy atom. The molecule has 0 bridgehead atoms. The number of hydrogen-bond donors (Lipinski definition) is 1. The number of hydrogen-bond acceptors (Lipinski definition) is 5. The molecule has 0 aliphatic heterocycles. The number of aromatic nitrogens is 2. The highest BCUT2D eigenvalue weighted by Crippen LogP contribution is 2.17. The van der Waals surface area contributed by atoms with E-state index in [0.717, 1.165) is 11.1 Å². The number of nitrogens with one attached hydrogen (secondary N) is 1. The number of esters is 1. The molecule has 2 aromatic carbocycles. The van der Waals surface area contributed by atoms with Crippen LogP contribution in [0.1, 0.15) is 35.0 Å². The molecule has 0 aliphatic carbocycles. The molecule has 3 rings (SSSR count). The number of carbonyl (C=O) groups excluding carboxylic acids is 2. The van der Waals surface area contributed by atoms with E-state index in [0.29, 0.717) is 29.4 Å². The summed E-state index contributed by atoms with van der Waals surface area (Å²) in [4.78, 5) is 37.3. The van der Waals surface area contributed by atoms with Gasteiger partial charge in [0.25, 0.3) is 11.5 Å². The number of aryl methyl sites for hydroxylation is 3. The monoisotopic (exact) mass is 393 g/mol. The number of carbonyl (C=O) groups is 2. The maximum Gasteiger partial charge on any atom is 0.359 e. The molecule has 0 radical (unpaired) electrons. The van der Waals surface area contributed by atoms with Crippen LogP contribution in [0.15, 0.2) is 47.3 Å². The Kier molecular flexibility index (Phi) is 6.07. The van der Waals surface area contributed by atoms with Crippen LogP contribution in [0.25, 0.3) is 10.8 Å². The van der Waals surface area contributed by atoms with Crippen LogP contribution in [0.2, 0.25) is 0 Å². The topological polar surface area (TPSA) is 90.3 Å². The van der Waals surface area contributed by atoms with Crippen molar-refractivity contribution in [2.24, 2.45) is 0 Å². The van der Waals surface area contributed by atoms with E-state index in [4.69, 9.17) is 4.74 Å². The summed E-state index contributed by atoms with van der Waals surface area (Å²) in [6, 6.07) is 12.4. The van der Waals surface area contributed by atoms with Gasteiger partial charge in [0.05, 0.1) is 5.39 Å². The summed E-state index contributed by atoms with van der Waals surface area (Å²) >= 11 is 0. The normalized spacial score (nSPS) is 10.7. The van der Waals surface area contributed by atoms with Crippen LogP contribution in [0.5, 0.6) is 0 Å². The summed E-state index contributed by atoms with van der Waals surface area (Å²) in [6.45, 7) is 5.71. The molecule has 0 fully saturated rings. The second kappa shape index (κ2) is 8.68. The fourth-order valence-corrected chi connectivity index (χ4v) is 3.09. The number of benzene rings is 2. The fourth-order valence-electron chi connectivity index (χ4n) is 3.09. The van der Waals surface area contributed by atoms with Gasteiger partial charge in [0.1, 0.15) is 0 Å². The Labute approximate surface area is 168 Å². The number of anilines is 1. The summed E-state index contributed by atoms with van der Waals surface area (Å²) in [6.07, 6.45) is 0.693. The second-order valence-corrected chi connectivity index (χ2v) is 6.87. The number of rotatable bonds is 6. The number of amides is 1. The first-order valence-corrected chi connectivity index (χ1v) is 9.44.